The molecule has 1 aromatic rings. The number of amides is 1. The van der Waals surface area contributed by atoms with E-state index in [1.807, 2.05) is 30.3 Å². The van der Waals surface area contributed by atoms with Crippen LogP contribution in [0.1, 0.15) is 18.4 Å². The fourth-order valence-corrected chi connectivity index (χ4v) is 2.79. The zero-order chi connectivity index (χ0) is 13.7. The van der Waals surface area contributed by atoms with Crippen LogP contribution in [0.25, 0.3) is 0 Å². The summed E-state index contributed by atoms with van der Waals surface area (Å²) in [6, 6.07) is 9.45. The summed E-state index contributed by atoms with van der Waals surface area (Å²) < 4.78 is 5.29. The second-order valence-corrected chi connectivity index (χ2v) is 5.58. The predicted octanol–water partition coefficient (Wildman–Crippen LogP) is 2.75. The van der Waals surface area contributed by atoms with Crippen molar-refractivity contribution in [1.29, 1.82) is 0 Å². The van der Waals surface area contributed by atoms with Gasteiger partial charge in [0, 0.05) is 6.54 Å². The number of rotatable bonds is 4. The molecule has 5 heteroatoms. The standard InChI is InChI=1S/C14H16BrNO3/c15-12(9-17)13-7-4-8-16(13)14(18)19-10-11-5-2-1-3-6-11/h1-3,5-6,9,12-13H,4,7-8,10H2/t12?,13-/m0/s1. The molecule has 1 heterocycles. The topological polar surface area (TPSA) is 46.6 Å². The molecule has 102 valence electrons. The Balaban J connectivity index is 1.90. The average molecular weight is 326 g/mol. The van der Waals surface area contributed by atoms with E-state index in [1.54, 1.807) is 4.90 Å². The predicted molar refractivity (Wildman–Crippen MR) is 75.1 cm³/mol. The zero-order valence-corrected chi connectivity index (χ0v) is 12.1. The third kappa shape index (κ3) is 3.56. The summed E-state index contributed by atoms with van der Waals surface area (Å²) in [6.07, 6.45) is 2.21. The number of likely N-dealkylation sites (tertiary alicyclic amines) is 1. The van der Waals surface area contributed by atoms with Crippen molar-refractivity contribution in [2.24, 2.45) is 0 Å². The van der Waals surface area contributed by atoms with Gasteiger partial charge in [0.15, 0.2) is 0 Å². The van der Waals surface area contributed by atoms with Crippen molar-refractivity contribution >= 4 is 28.3 Å². The molecule has 2 atom stereocenters. The fraction of sp³-hybridized carbons (Fsp3) is 0.429. The van der Waals surface area contributed by atoms with Crippen molar-refractivity contribution < 1.29 is 14.3 Å². The smallest absolute Gasteiger partial charge is 0.410 e. The van der Waals surface area contributed by atoms with Crippen molar-refractivity contribution in [2.45, 2.75) is 30.3 Å². The lowest BCUT2D eigenvalue weighted by molar-refractivity contribution is -0.108. The number of benzene rings is 1. The van der Waals surface area contributed by atoms with E-state index in [0.717, 1.165) is 24.7 Å². The molecule has 0 aromatic heterocycles. The number of carbonyl (C=O) groups excluding carboxylic acids is 2. The van der Waals surface area contributed by atoms with Gasteiger partial charge in [-0.05, 0) is 18.4 Å². The lowest BCUT2D eigenvalue weighted by Crippen LogP contribution is -2.41. The highest BCUT2D eigenvalue weighted by atomic mass is 79.9. The van der Waals surface area contributed by atoms with E-state index in [1.165, 1.54) is 0 Å². The minimum Gasteiger partial charge on any atom is -0.445 e. The number of hydrogen-bond donors (Lipinski definition) is 0. The molecule has 1 unspecified atom stereocenters. The van der Waals surface area contributed by atoms with Crippen LogP contribution in [-0.4, -0.2) is 34.7 Å². The highest BCUT2D eigenvalue weighted by Gasteiger charge is 2.34. The van der Waals surface area contributed by atoms with E-state index in [9.17, 15) is 9.59 Å². The lowest BCUT2D eigenvalue weighted by Gasteiger charge is -2.25. The molecular weight excluding hydrogens is 310 g/mol. The molecular formula is C14H16BrNO3. The Hall–Kier alpha value is -1.36. The van der Waals surface area contributed by atoms with E-state index >= 15 is 0 Å². The van der Waals surface area contributed by atoms with E-state index in [2.05, 4.69) is 15.9 Å². The number of nitrogens with zero attached hydrogens (tertiary/aromatic N) is 1. The van der Waals surface area contributed by atoms with Gasteiger partial charge < -0.3 is 14.4 Å². The normalized spacial score (nSPS) is 20.1. The minimum absolute atomic E-state index is 0.0965. The second-order valence-electron chi connectivity index (χ2n) is 4.52. The first-order chi connectivity index (χ1) is 9.22. The van der Waals surface area contributed by atoms with Gasteiger partial charge in [-0.3, -0.25) is 0 Å². The molecule has 2 rings (SSSR count). The maximum atomic E-state index is 12.0. The fourth-order valence-electron chi connectivity index (χ4n) is 2.24. The molecule has 4 nitrogen and oxygen atoms in total. The first-order valence-corrected chi connectivity index (χ1v) is 7.20. The minimum atomic E-state index is -0.349. The molecule has 19 heavy (non-hydrogen) atoms. The van der Waals surface area contributed by atoms with Gasteiger partial charge in [-0.15, -0.1) is 0 Å². The molecule has 1 aliphatic rings. The maximum Gasteiger partial charge on any atom is 0.410 e. The van der Waals surface area contributed by atoms with Crippen LogP contribution >= 0.6 is 15.9 Å². The number of aldehydes is 1. The van der Waals surface area contributed by atoms with Gasteiger partial charge in [-0.2, -0.15) is 0 Å². The highest BCUT2D eigenvalue weighted by Crippen LogP contribution is 2.24. The van der Waals surface area contributed by atoms with E-state index in [-0.39, 0.29) is 23.6 Å². The van der Waals surface area contributed by atoms with Gasteiger partial charge in [-0.1, -0.05) is 46.3 Å². The molecule has 0 bridgehead atoms. The molecule has 1 aromatic carbocycles. The SMILES string of the molecule is O=CC(Br)[C@@H]1CCCN1C(=O)OCc1ccccc1. The van der Waals surface area contributed by atoms with Crippen LogP contribution in [-0.2, 0) is 16.1 Å². The molecule has 1 fully saturated rings. The van der Waals surface area contributed by atoms with Crippen molar-refractivity contribution in [1.82, 2.24) is 4.90 Å². The first-order valence-electron chi connectivity index (χ1n) is 6.29. The summed E-state index contributed by atoms with van der Waals surface area (Å²) in [5, 5.41) is 0. The molecule has 0 N–H and O–H groups in total. The summed E-state index contributed by atoms with van der Waals surface area (Å²) >= 11 is 3.29. The third-order valence-electron chi connectivity index (χ3n) is 3.24. The van der Waals surface area contributed by atoms with Crippen LogP contribution in [0.5, 0.6) is 0 Å². The Labute approximate surface area is 120 Å². The summed E-state index contributed by atoms with van der Waals surface area (Å²) in [6.45, 7) is 0.908. The molecule has 1 aliphatic heterocycles. The Morgan fingerprint density at radius 2 is 2.21 bits per heavy atom. The van der Waals surface area contributed by atoms with Crippen molar-refractivity contribution in [3.63, 3.8) is 0 Å². The van der Waals surface area contributed by atoms with Crippen LogP contribution in [0.4, 0.5) is 4.79 Å². The van der Waals surface area contributed by atoms with Gasteiger partial charge in [-0.25, -0.2) is 4.79 Å². The molecule has 1 saturated heterocycles. The van der Waals surface area contributed by atoms with Crippen LogP contribution in [0, 0.1) is 0 Å². The van der Waals surface area contributed by atoms with Crippen LogP contribution in [0.2, 0.25) is 0 Å². The monoisotopic (exact) mass is 325 g/mol. The van der Waals surface area contributed by atoms with Gasteiger partial charge in [0.2, 0.25) is 0 Å². The Morgan fingerprint density at radius 3 is 2.89 bits per heavy atom. The Kier molecular flexibility index (Phi) is 4.96. The van der Waals surface area contributed by atoms with E-state index < -0.39 is 0 Å². The second kappa shape index (κ2) is 6.70. The number of halogens is 1. The molecule has 0 spiro atoms. The van der Waals surface area contributed by atoms with Gasteiger partial charge in [0.25, 0.3) is 0 Å². The van der Waals surface area contributed by atoms with E-state index in [4.69, 9.17) is 4.74 Å². The van der Waals surface area contributed by atoms with Crippen molar-refractivity contribution in [3.8, 4) is 0 Å². The molecule has 0 saturated carbocycles. The Bertz CT molecular complexity index is 438. The third-order valence-corrected chi connectivity index (χ3v) is 4.06. The van der Waals surface area contributed by atoms with Crippen LogP contribution in [0.3, 0.4) is 0 Å². The van der Waals surface area contributed by atoms with Gasteiger partial charge in [0.1, 0.15) is 12.9 Å². The summed E-state index contributed by atoms with van der Waals surface area (Å²) in [7, 11) is 0. The van der Waals surface area contributed by atoms with E-state index in [0.29, 0.717) is 6.54 Å². The lowest BCUT2D eigenvalue weighted by atomic mass is 10.2. The molecule has 0 aliphatic carbocycles. The summed E-state index contributed by atoms with van der Waals surface area (Å²) in [4.78, 5) is 24.1. The number of hydrogen-bond acceptors (Lipinski definition) is 3. The Morgan fingerprint density at radius 1 is 1.47 bits per heavy atom. The van der Waals surface area contributed by atoms with Crippen molar-refractivity contribution in [3.05, 3.63) is 35.9 Å². The quantitative estimate of drug-likeness (QED) is 0.631. The summed E-state index contributed by atoms with van der Waals surface area (Å²) in [5.41, 5.74) is 0.956. The first kappa shape index (κ1) is 14.1. The van der Waals surface area contributed by atoms with Gasteiger partial charge >= 0.3 is 6.09 Å². The van der Waals surface area contributed by atoms with Crippen LogP contribution in [0.15, 0.2) is 30.3 Å². The number of carbonyl (C=O) groups is 2. The average Bonchev–Trinajstić information content (AvgIpc) is 2.94. The molecule has 1 amide bonds. The van der Waals surface area contributed by atoms with Crippen molar-refractivity contribution in [2.75, 3.05) is 6.54 Å². The molecule has 0 radical (unpaired) electrons. The number of ether oxygens (including phenoxy) is 1. The number of alkyl halides is 1. The van der Waals surface area contributed by atoms with Gasteiger partial charge in [0.05, 0.1) is 10.9 Å². The maximum absolute atomic E-state index is 12.0. The van der Waals surface area contributed by atoms with Crippen LogP contribution < -0.4 is 0 Å². The summed E-state index contributed by atoms with van der Waals surface area (Å²) in [5.74, 6) is 0. The zero-order valence-electron chi connectivity index (χ0n) is 10.5. The highest BCUT2D eigenvalue weighted by molar-refractivity contribution is 9.10. The largest absolute Gasteiger partial charge is 0.445 e.